The molecule has 0 fully saturated rings. The van der Waals surface area contributed by atoms with E-state index >= 15 is 0 Å². The third kappa shape index (κ3) is 3.14. The zero-order valence-electron chi connectivity index (χ0n) is 13.0. The minimum absolute atomic E-state index is 0.278. The summed E-state index contributed by atoms with van der Waals surface area (Å²) in [6.45, 7) is 2.04. The van der Waals surface area contributed by atoms with Gasteiger partial charge in [0.1, 0.15) is 0 Å². The lowest BCUT2D eigenvalue weighted by Crippen LogP contribution is -2.15. The molecule has 5 nitrogen and oxygen atoms in total. The van der Waals surface area contributed by atoms with E-state index in [4.69, 9.17) is 15.2 Å². The van der Waals surface area contributed by atoms with Crippen LogP contribution in [0.1, 0.15) is 22.8 Å². The summed E-state index contributed by atoms with van der Waals surface area (Å²) in [5, 5.41) is 2.89. The number of benzene rings is 2. The molecular formula is C17H20N2O3. The van der Waals surface area contributed by atoms with Crippen LogP contribution < -0.4 is 20.5 Å². The molecule has 116 valence electrons. The van der Waals surface area contributed by atoms with Crippen LogP contribution in [0.2, 0.25) is 0 Å². The summed E-state index contributed by atoms with van der Waals surface area (Å²) in [6, 6.07) is 10.8. The van der Waals surface area contributed by atoms with Gasteiger partial charge in [-0.1, -0.05) is 25.1 Å². The Morgan fingerprint density at radius 1 is 1.14 bits per heavy atom. The van der Waals surface area contributed by atoms with Crippen LogP contribution in [0.3, 0.4) is 0 Å². The van der Waals surface area contributed by atoms with Gasteiger partial charge in [0.15, 0.2) is 11.5 Å². The highest BCUT2D eigenvalue weighted by Gasteiger charge is 2.16. The number of methoxy groups -OCH3 is 2. The molecule has 3 N–H and O–H groups in total. The number of carbonyl (C=O) groups is 1. The van der Waals surface area contributed by atoms with Crippen molar-refractivity contribution in [3.8, 4) is 11.5 Å². The summed E-state index contributed by atoms with van der Waals surface area (Å²) >= 11 is 0. The number of carbonyl (C=O) groups excluding carboxylic acids is 1. The molecule has 0 unspecified atom stereocenters. The van der Waals surface area contributed by atoms with Crippen molar-refractivity contribution < 1.29 is 14.3 Å². The van der Waals surface area contributed by atoms with Crippen LogP contribution >= 0.6 is 0 Å². The molecule has 0 aliphatic carbocycles. The van der Waals surface area contributed by atoms with Crippen molar-refractivity contribution in [2.24, 2.45) is 0 Å². The first-order valence-electron chi connectivity index (χ1n) is 7.01. The van der Waals surface area contributed by atoms with Crippen LogP contribution in [0.4, 0.5) is 11.4 Å². The Labute approximate surface area is 130 Å². The highest BCUT2D eigenvalue weighted by atomic mass is 16.5. The first kappa shape index (κ1) is 15.7. The maximum Gasteiger partial charge on any atom is 0.257 e. The normalized spacial score (nSPS) is 10.1. The minimum Gasteiger partial charge on any atom is -0.493 e. The van der Waals surface area contributed by atoms with Gasteiger partial charge in [0, 0.05) is 17.4 Å². The van der Waals surface area contributed by atoms with Crippen molar-refractivity contribution >= 4 is 17.3 Å². The number of amides is 1. The van der Waals surface area contributed by atoms with Gasteiger partial charge in [-0.3, -0.25) is 4.79 Å². The van der Waals surface area contributed by atoms with Gasteiger partial charge in [0.2, 0.25) is 0 Å². The van der Waals surface area contributed by atoms with Crippen molar-refractivity contribution in [3.63, 3.8) is 0 Å². The standard InChI is InChI=1S/C17H20N2O3/c1-4-11-7-5-6-8-14(11)19-17(20)12-9-15(21-2)16(22-3)10-13(12)18/h5-10H,4,18H2,1-3H3,(H,19,20). The number of rotatable bonds is 5. The molecule has 0 saturated heterocycles. The van der Waals surface area contributed by atoms with Crippen molar-refractivity contribution in [2.45, 2.75) is 13.3 Å². The van der Waals surface area contributed by atoms with Crippen LogP contribution in [0, 0.1) is 0 Å². The molecule has 0 spiro atoms. The van der Waals surface area contributed by atoms with Crippen molar-refractivity contribution in [2.75, 3.05) is 25.3 Å². The Kier molecular flexibility index (Phi) is 4.88. The van der Waals surface area contributed by atoms with Crippen LogP contribution in [0.15, 0.2) is 36.4 Å². The van der Waals surface area contributed by atoms with Gasteiger partial charge in [-0.05, 0) is 24.1 Å². The van der Waals surface area contributed by atoms with Gasteiger partial charge in [0.25, 0.3) is 5.91 Å². The molecule has 0 saturated carbocycles. The average Bonchev–Trinajstić information content (AvgIpc) is 2.54. The van der Waals surface area contributed by atoms with E-state index in [0.29, 0.717) is 22.7 Å². The van der Waals surface area contributed by atoms with Crippen LogP contribution in [0.5, 0.6) is 11.5 Å². The maximum atomic E-state index is 12.5. The first-order valence-corrected chi connectivity index (χ1v) is 7.01. The lowest BCUT2D eigenvalue weighted by Gasteiger charge is -2.14. The molecule has 0 aromatic heterocycles. The van der Waals surface area contributed by atoms with E-state index in [9.17, 15) is 4.79 Å². The molecule has 0 aliphatic rings. The summed E-state index contributed by atoms with van der Waals surface area (Å²) in [6.07, 6.45) is 0.831. The molecule has 2 rings (SSSR count). The van der Waals surface area contributed by atoms with Crippen LogP contribution in [0.25, 0.3) is 0 Å². The largest absolute Gasteiger partial charge is 0.493 e. The average molecular weight is 300 g/mol. The Morgan fingerprint density at radius 3 is 2.41 bits per heavy atom. The smallest absolute Gasteiger partial charge is 0.257 e. The van der Waals surface area contributed by atoms with E-state index < -0.39 is 0 Å². The third-order valence-electron chi connectivity index (χ3n) is 3.45. The van der Waals surface area contributed by atoms with E-state index in [0.717, 1.165) is 17.7 Å². The second-order valence-corrected chi connectivity index (χ2v) is 4.76. The lowest BCUT2D eigenvalue weighted by molar-refractivity contribution is 0.102. The van der Waals surface area contributed by atoms with E-state index in [-0.39, 0.29) is 5.91 Å². The van der Waals surface area contributed by atoms with E-state index in [1.54, 1.807) is 12.1 Å². The lowest BCUT2D eigenvalue weighted by atomic mass is 10.1. The monoisotopic (exact) mass is 300 g/mol. The summed E-state index contributed by atoms with van der Waals surface area (Å²) < 4.78 is 10.4. The fourth-order valence-electron chi connectivity index (χ4n) is 2.23. The summed E-state index contributed by atoms with van der Waals surface area (Å²) in [5.74, 6) is 0.676. The fraction of sp³-hybridized carbons (Fsp3) is 0.235. The topological polar surface area (TPSA) is 73.6 Å². The Bertz CT molecular complexity index is 684. The predicted molar refractivity (Wildman–Crippen MR) is 87.7 cm³/mol. The number of nitrogens with two attached hydrogens (primary N) is 1. The summed E-state index contributed by atoms with van der Waals surface area (Å²) in [4.78, 5) is 12.5. The zero-order chi connectivity index (χ0) is 16.1. The highest BCUT2D eigenvalue weighted by Crippen LogP contribution is 2.32. The number of hydrogen-bond acceptors (Lipinski definition) is 4. The minimum atomic E-state index is -0.278. The molecule has 2 aromatic rings. The second kappa shape index (κ2) is 6.85. The number of aryl methyl sites for hydroxylation is 1. The maximum absolute atomic E-state index is 12.5. The summed E-state index contributed by atoms with van der Waals surface area (Å²) in [5.41, 5.74) is 8.48. The Morgan fingerprint density at radius 2 is 1.77 bits per heavy atom. The van der Waals surface area contributed by atoms with E-state index in [1.807, 2.05) is 31.2 Å². The van der Waals surface area contributed by atoms with Crippen molar-refractivity contribution in [1.82, 2.24) is 0 Å². The van der Waals surface area contributed by atoms with Crippen molar-refractivity contribution in [1.29, 1.82) is 0 Å². The Hall–Kier alpha value is -2.69. The number of hydrogen-bond donors (Lipinski definition) is 2. The van der Waals surface area contributed by atoms with E-state index in [1.165, 1.54) is 14.2 Å². The van der Waals surface area contributed by atoms with Crippen molar-refractivity contribution in [3.05, 3.63) is 47.5 Å². The fourth-order valence-corrected chi connectivity index (χ4v) is 2.23. The molecule has 5 heteroatoms. The van der Waals surface area contributed by atoms with Gasteiger partial charge < -0.3 is 20.5 Å². The number of para-hydroxylation sites is 1. The van der Waals surface area contributed by atoms with Gasteiger partial charge >= 0.3 is 0 Å². The number of ether oxygens (including phenoxy) is 2. The van der Waals surface area contributed by atoms with Gasteiger partial charge in [-0.25, -0.2) is 0 Å². The zero-order valence-corrected chi connectivity index (χ0v) is 13.0. The third-order valence-corrected chi connectivity index (χ3v) is 3.45. The molecule has 0 aliphatic heterocycles. The summed E-state index contributed by atoms with van der Waals surface area (Å²) in [7, 11) is 3.04. The first-order chi connectivity index (χ1) is 10.6. The number of anilines is 2. The molecule has 0 heterocycles. The number of nitrogens with one attached hydrogen (secondary N) is 1. The molecule has 0 atom stereocenters. The molecule has 1 amide bonds. The quantitative estimate of drug-likeness (QED) is 0.832. The predicted octanol–water partition coefficient (Wildman–Crippen LogP) is 3.10. The SMILES string of the molecule is CCc1ccccc1NC(=O)c1cc(OC)c(OC)cc1N. The molecule has 2 aromatic carbocycles. The molecule has 0 bridgehead atoms. The Balaban J connectivity index is 2.33. The highest BCUT2D eigenvalue weighted by molar-refractivity contribution is 6.08. The van der Waals surface area contributed by atoms with Crippen LogP contribution in [-0.4, -0.2) is 20.1 Å². The van der Waals surface area contributed by atoms with Gasteiger partial charge in [0.05, 0.1) is 19.8 Å². The van der Waals surface area contributed by atoms with Crippen LogP contribution in [-0.2, 0) is 6.42 Å². The molecule has 0 radical (unpaired) electrons. The molecular weight excluding hydrogens is 280 g/mol. The van der Waals surface area contributed by atoms with E-state index in [2.05, 4.69) is 5.32 Å². The second-order valence-electron chi connectivity index (χ2n) is 4.76. The van der Waals surface area contributed by atoms with Gasteiger partial charge in [-0.15, -0.1) is 0 Å². The van der Waals surface area contributed by atoms with Gasteiger partial charge in [-0.2, -0.15) is 0 Å². The number of nitrogen functional groups attached to an aromatic ring is 1. The molecule has 22 heavy (non-hydrogen) atoms.